The molecule has 0 aliphatic carbocycles. The molecule has 1 aliphatic rings. The first-order valence-corrected chi connectivity index (χ1v) is 12.1. The SMILES string of the molecule is COCCN(C(=O)c1ccc(Cc2ccc(F)cc2)nc1)c1ccc(CN2CCN[C@@H](C)C2)cc1. The maximum Gasteiger partial charge on any atom is 0.259 e. The molecular formula is C28H33FN4O2. The summed E-state index contributed by atoms with van der Waals surface area (Å²) in [6, 6.07) is 18.7. The van der Waals surface area contributed by atoms with Gasteiger partial charge in [-0.25, -0.2) is 4.39 Å². The number of nitrogens with zero attached hydrogens (tertiary/aromatic N) is 3. The van der Waals surface area contributed by atoms with Crippen LogP contribution in [0.15, 0.2) is 66.9 Å². The number of hydrogen-bond donors (Lipinski definition) is 1. The summed E-state index contributed by atoms with van der Waals surface area (Å²) < 4.78 is 18.4. The van der Waals surface area contributed by atoms with E-state index in [2.05, 4.69) is 34.3 Å². The number of aromatic nitrogens is 1. The number of anilines is 1. The third kappa shape index (κ3) is 6.94. The van der Waals surface area contributed by atoms with Gasteiger partial charge in [0.25, 0.3) is 5.91 Å². The standard InChI is InChI=1S/C28H33FN4O2/c1-21-19-32(14-13-30-21)20-23-5-11-27(12-6-23)33(15-16-35-2)28(34)24-7-10-26(31-18-24)17-22-3-8-25(29)9-4-22/h3-12,18,21,30H,13-17,19-20H2,1-2H3/t21-/m0/s1. The van der Waals surface area contributed by atoms with Crippen molar-refractivity contribution in [1.29, 1.82) is 0 Å². The van der Waals surface area contributed by atoms with Crippen molar-refractivity contribution in [2.24, 2.45) is 0 Å². The van der Waals surface area contributed by atoms with Crippen molar-refractivity contribution in [2.45, 2.75) is 25.9 Å². The van der Waals surface area contributed by atoms with Crippen molar-refractivity contribution in [1.82, 2.24) is 15.2 Å². The zero-order valence-electron chi connectivity index (χ0n) is 20.4. The lowest BCUT2D eigenvalue weighted by Crippen LogP contribution is -2.48. The van der Waals surface area contributed by atoms with E-state index >= 15 is 0 Å². The molecule has 1 atom stereocenters. The summed E-state index contributed by atoms with van der Waals surface area (Å²) in [4.78, 5) is 22.0. The van der Waals surface area contributed by atoms with Crippen molar-refractivity contribution in [2.75, 3.05) is 44.8 Å². The van der Waals surface area contributed by atoms with Crippen LogP contribution in [0, 0.1) is 5.82 Å². The highest BCUT2D eigenvalue weighted by Crippen LogP contribution is 2.20. The van der Waals surface area contributed by atoms with Gasteiger partial charge < -0.3 is 15.0 Å². The second kappa shape index (κ2) is 12.0. The van der Waals surface area contributed by atoms with Gasteiger partial charge in [0.1, 0.15) is 5.82 Å². The zero-order valence-corrected chi connectivity index (χ0v) is 20.4. The van der Waals surface area contributed by atoms with E-state index < -0.39 is 0 Å². The van der Waals surface area contributed by atoms with Crippen molar-refractivity contribution in [3.05, 3.63) is 95.1 Å². The number of pyridine rings is 1. The first-order chi connectivity index (χ1) is 17.0. The molecule has 6 nitrogen and oxygen atoms in total. The Hall–Kier alpha value is -3.13. The van der Waals surface area contributed by atoms with Crippen LogP contribution in [0.25, 0.3) is 0 Å². The molecule has 1 N–H and O–H groups in total. The van der Waals surface area contributed by atoms with Gasteiger partial charge in [-0.2, -0.15) is 0 Å². The fourth-order valence-electron chi connectivity index (χ4n) is 4.35. The van der Waals surface area contributed by atoms with Crippen molar-refractivity contribution >= 4 is 11.6 Å². The Kier molecular flexibility index (Phi) is 8.58. The Morgan fingerprint density at radius 2 is 1.86 bits per heavy atom. The van der Waals surface area contributed by atoms with Gasteiger partial charge in [0.05, 0.1) is 12.2 Å². The number of amides is 1. The predicted octanol–water partition coefficient (Wildman–Crippen LogP) is 3.90. The van der Waals surface area contributed by atoms with E-state index in [4.69, 9.17) is 4.74 Å². The van der Waals surface area contributed by atoms with Crippen LogP contribution in [-0.4, -0.2) is 61.7 Å². The van der Waals surface area contributed by atoms with Gasteiger partial charge in [-0.1, -0.05) is 24.3 Å². The number of nitrogens with one attached hydrogen (secondary N) is 1. The Bertz CT molecular complexity index is 1090. The molecule has 35 heavy (non-hydrogen) atoms. The van der Waals surface area contributed by atoms with Crippen molar-refractivity contribution in [3.8, 4) is 0 Å². The molecule has 1 aromatic heterocycles. The summed E-state index contributed by atoms with van der Waals surface area (Å²) in [5.74, 6) is -0.378. The first kappa shape index (κ1) is 25.0. The highest BCUT2D eigenvalue weighted by molar-refractivity contribution is 6.05. The molecule has 7 heteroatoms. The molecule has 2 heterocycles. The van der Waals surface area contributed by atoms with Crippen LogP contribution in [0.2, 0.25) is 0 Å². The van der Waals surface area contributed by atoms with E-state index in [1.807, 2.05) is 18.2 Å². The van der Waals surface area contributed by atoms with E-state index in [9.17, 15) is 9.18 Å². The number of methoxy groups -OCH3 is 1. The largest absolute Gasteiger partial charge is 0.383 e. The van der Waals surface area contributed by atoms with Gasteiger partial charge in [0, 0.05) is 69.9 Å². The molecule has 1 fully saturated rings. The minimum absolute atomic E-state index is 0.119. The van der Waals surface area contributed by atoms with Gasteiger partial charge in [-0.15, -0.1) is 0 Å². The van der Waals surface area contributed by atoms with Gasteiger partial charge in [0.2, 0.25) is 0 Å². The fraction of sp³-hybridized carbons (Fsp3) is 0.357. The number of hydrogen-bond acceptors (Lipinski definition) is 5. The van der Waals surface area contributed by atoms with Crippen LogP contribution in [0.1, 0.15) is 34.1 Å². The Labute approximate surface area is 206 Å². The molecule has 4 rings (SSSR count). The maximum atomic E-state index is 13.4. The Morgan fingerprint density at radius 1 is 1.11 bits per heavy atom. The number of piperazine rings is 1. The highest BCUT2D eigenvalue weighted by Gasteiger charge is 2.19. The zero-order chi connectivity index (χ0) is 24.6. The number of carbonyl (C=O) groups is 1. The van der Waals surface area contributed by atoms with Crippen LogP contribution >= 0.6 is 0 Å². The molecule has 1 aliphatic heterocycles. The molecule has 1 saturated heterocycles. The van der Waals surface area contributed by atoms with E-state index in [1.165, 1.54) is 17.7 Å². The predicted molar refractivity (Wildman–Crippen MR) is 136 cm³/mol. The van der Waals surface area contributed by atoms with Crippen LogP contribution in [0.5, 0.6) is 0 Å². The molecule has 0 spiro atoms. The maximum absolute atomic E-state index is 13.4. The second-order valence-electron chi connectivity index (χ2n) is 9.05. The van der Waals surface area contributed by atoms with Crippen molar-refractivity contribution in [3.63, 3.8) is 0 Å². The van der Waals surface area contributed by atoms with Crippen LogP contribution in [0.4, 0.5) is 10.1 Å². The fourth-order valence-corrected chi connectivity index (χ4v) is 4.35. The van der Waals surface area contributed by atoms with Gasteiger partial charge in [-0.3, -0.25) is 14.7 Å². The summed E-state index contributed by atoms with van der Waals surface area (Å²) in [5, 5.41) is 3.47. The minimum Gasteiger partial charge on any atom is -0.383 e. The number of rotatable bonds is 9. The Morgan fingerprint density at radius 3 is 2.51 bits per heavy atom. The number of halogens is 1. The summed E-state index contributed by atoms with van der Waals surface area (Å²) in [6.07, 6.45) is 2.19. The molecule has 184 valence electrons. The molecular weight excluding hydrogens is 443 g/mol. The van der Waals surface area contributed by atoms with E-state index in [1.54, 1.807) is 36.4 Å². The quantitative estimate of drug-likeness (QED) is 0.508. The lowest BCUT2D eigenvalue weighted by molar-refractivity contribution is 0.0975. The topological polar surface area (TPSA) is 57.7 Å². The molecule has 0 bridgehead atoms. The summed E-state index contributed by atoms with van der Waals surface area (Å²) in [5.41, 5.74) is 4.37. The average Bonchev–Trinajstić information content (AvgIpc) is 2.87. The highest BCUT2D eigenvalue weighted by atomic mass is 19.1. The summed E-state index contributed by atoms with van der Waals surface area (Å²) in [7, 11) is 1.63. The normalized spacial score (nSPS) is 16.3. The molecule has 1 amide bonds. The van der Waals surface area contributed by atoms with E-state index in [-0.39, 0.29) is 11.7 Å². The molecule has 2 aromatic carbocycles. The monoisotopic (exact) mass is 476 g/mol. The molecule has 0 unspecified atom stereocenters. The lowest BCUT2D eigenvalue weighted by atomic mass is 10.1. The van der Waals surface area contributed by atoms with Crippen LogP contribution in [-0.2, 0) is 17.7 Å². The smallest absolute Gasteiger partial charge is 0.259 e. The number of ether oxygens (including phenoxy) is 1. The lowest BCUT2D eigenvalue weighted by Gasteiger charge is -2.32. The van der Waals surface area contributed by atoms with Crippen LogP contribution < -0.4 is 10.2 Å². The van der Waals surface area contributed by atoms with E-state index in [0.29, 0.717) is 31.2 Å². The molecule has 0 radical (unpaired) electrons. The Balaban J connectivity index is 1.44. The van der Waals surface area contributed by atoms with Crippen molar-refractivity contribution < 1.29 is 13.9 Å². The molecule has 3 aromatic rings. The summed E-state index contributed by atoms with van der Waals surface area (Å²) in [6.45, 7) is 7.06. The van der Waals surface area contributed by atoms with Gasteiger partial charge in [-0.05, 0) is 54.4 Å². The number of benzene rings is 2. The summed E-state index contributed by atoms with van der Waals surface area (Å²) >= 11 is 0. The van der Waals surface area contributed by atoms with E-state index in [0.717, 1.165) is 43.1 Å². The second-order valence-corrected chi connectivity index (χ2v) is 9.05. The number of carbonyl (C=O) groups excluding carboxylic acids is 1. The molecule has 0 saturated carbocycles. The third-order valence-electron chi connectivity index (χ3n) is 6.24. The van der Waals surface area contributed by atoms with Gasteiger partial charge >= 0.3 is 0 Å². The van der Waals surface area contributed by atoms with Crippen LogP contribution in [0.3, 0.4) is 0 Å². The third-order valence-corrected chi connectivity index (χ3v) is 6.24. The first-order valence-electron chi connectivity index (χ1n) is 12.1. The minimum atomic E-state index is -0.259. The average molecular weight is 477 g/mol. The van der Waals surface area contributed by atoms with Gasteiger partial charge in [0.15, 0.2) is 0 Å².